The summed E-state index contributed by atoms with van der Waals surface area (Å²) in [6, 6.07) is 7.21. The lowest BCUT2D eigenvalue weighted by atomic mass is 10.1. The van der Waals surface area contributed by atoms with Gasteiger partial charge in [-0.2, -0.15) is 5.10 Å². The van der Waals surface area contributed by atoms with Crippen molar-refractivity contribution < 1.29 is 4.74 Å². The topological polar surface area (TPSA) is 53.1 Å². The Morgan fingerprint density at radius 1 is 1.48 bits per heavy atom. The molecule has 1 atom stereocenters. The first kappa shape index (κ1) is 16.3. The van der Waals surface area contributed by atoms with Crippen LogP contribution in [-0.4, -0.2) is 22.4 Å². The predicted octanol–water partition coefficient (Wildman–Crippen LogP) is 3.58. The fourth-order valence-electron chi connectivity index (χ4n) is 2.13. The highest BCUT2D eigenvalue weighted by Gasteiger charge is 2.15. The average Bonchev–Trinajstić information content (AvgIpc) is 2.73. The Balaban J connectivity index is 1.97. The standard InChI is InChI=1S/C15H19BrClN3O/c1-3-20-14(15(16)10(2)19-20)8-12(18)9-21-13-6-4-5-11(17)7-13/h4-7,12H,3,8-9,18H2,1-2H3. The second kappa shape index (κ2) is 7.29. The molecule has 6 heteroatoms. The van der Waals surface area contributed by atoms with Crippen LogP contribution in [0.25, 0.3) is 0 Å². The van der Waals surface area contributed by atoms with E-state index in [9.17, 15) is 0 Å². The number of hydrogen-bond donors (Lipinski definition) is 1. The van der Waals surface area contributed by atoms with Gasteiger partial charge in [-0.3, -0.25) is 4.68 Å². The minimum atomic E-state index is -0.110. The third-order valence-electron chi connectivity index (χ3n) is 3.17. The first-order valence-corrected chi connectivity index (χ1v) is 8.04. The summed E-state index contributed by atoms with van der Waals surface area (Å²) in [7, 11) is 0. The number of ether oxygens (including phenoxy) is 1. The van der Waals surface area contributed by atoms with E-state index in [4.69, 9.17) is 22.1 Å². The van der Waals surface area contributed by atoms with Gasteiger partial charge in [0.1, 0.15) is 12.4 Å². The first-order chi connectivity index (χ1) is 10.0. The number of nitrogens with two attached hydrogens (primary N) is 1. The number of nitrogens with zero attached hydrogens (tertiary/aromatic N) is 2. The summed E-state index contributed by atoms with van der Waals surface area (Å²) < 4.78 is 8.69. The van der Waals surface area contributed by atoms with Crippen molar-refractivity contribution in [1.29, 1.82) is 0 Å². The zero-order valence-electron chi connectivity index (χ0n) is 12.1. The van der Waals surface area contributed by atoms with Gasteiger partial charge in [-0.1, -0.05) is 17.7 Å². The summed E-state index contributed by atoms with van der Waals surface area (Å²) in [5, 5.41) is 5.12. The van der Waals surface area contributed by atoms with Gasteiger partial charge in [0.05, 0.1) is 15.9 Å². The zero-order valence-corrected chi connectivity index (χ0v) is 14.5. The molecule has 0 aliphatic heterocycles. The molecule has 2 aromatic rings. The monoisotopic (exact) mass is 371 g/mol. The minimum Gasteiger partial charge on any atom is -0.492 e. The molecule has 2 rings (SSSR count). The molecule has 0 radical (unpaired) electrons. The van der Waals surface area contributed by atoms with Crippen molar-refractivity contribution in [1.82, 2.24) is 9.78 Å². The highest BCUT2D eigenvalue weighted by atomic mass is 79.9. The molecule has 0 saturated carbocycles. The molecule has 4 nitrogen and oxygen atoms in total. The third kappa shape index (κ3) is 4.22. The molecule has 1 aromatic carbocycles. The summed E-state index contributed by atoms with van der Waals surface area (Å²) in [6.45, 7) is 5.30. The van der Waals surface area contributed by atoms with Crippen LogP contribution in [0, 0.1) is 6.92 Å². The van der Waals surface area contributed by atoms with Crippen LogP contribution >= 0.6 is 27.5 Å². The normalized spacial score (nSPS) is 12.4. The van der Waals surface area contributed by atoms with E-state index in [1.807, 2.05) is 29.8 Å². The van der Waals surface area contributed by atoms with Crippen LogP contribution in [0.5, 0.6) is 5.75 Å². The van der Waals surface area contributed by atoms with Crippen molar-refractivity contribution in [3.63, 3.8) is 0 Å². The summed E-state index contributed by atoms with van der Waals surface area (Å²) in [4.78, 5) is 0. The van der Waals surface area contributed by atoms with E-state index in [1.54, 1.807) is 6.07 Å². The third-order valence-corrected chi connectivity index (χ3v) is 4.44. The molecule has 0 aliphatic carbocycles. The maximum Gasteiger partial charge on any atom is 0.120 e. The van der Waals surface area contributed by atoms with E-state index in [2.05, 4.69) is 28.0 Å². The summed E-state index contributed by atoms with van der Waals surface area (Å²) in [5.74, 6) is 0.734. The van der Waals surface area contributed by atoms with Gasteiger partial charge >= 0.3 is 0 Å². The molecular formula is C15H19BrClN3O. The number of benzene rings is 1. The number of rotatable bonds is 6. The molecule has 0 bridgehead atoms. The highest BCUT2D eigenvalue weighted by molar-refractivity contribution is 9.10. The zero-order chi connectivity index (χ0) is 15.4. The van der Waals surface area contributed by atoms with Crippen molar-refractivity contribution in [3.8, 4) is 5.75 Å². The van der Waals surface area contributed by atoms with Crippen LogP contribution in [-0.2, 0) is 13.0 Å². The Morgan fingerprint density at radius 3 is 2.90 bits per heavy atom. The summed E-state index contributed by atoms with van der Waals surface area (Å²) in [6.07, 6.45) is 0.704. The van der Waals surface area contributed by atoms with Gasteiger partial charge in [0, 0.05) is 24.0 Å². The molecule has 1 heterocycles. The number of aromatic nitrogens is 2. The Hall–Kier alpha value is -1.04. The number of aryl methyl sites for hydroxylation is 2. The maximum absolute atomic E-state index is 6.17. The van der Waals surface area contributed by atoms with Crippen LogP contribution in [0.2, 0.25) is 5.02 Å². The Labute approximate surface area is 138 Å². The van der Waals surface area contributed by atoms with Gasteiger partial charge in [-0.05, 0) is 48.0 Å². The number of hydrogen-bond acceptors (Lipinski definition) is 3. The molecule has 21 heavy (non-hydrogen) atoms. The van der Waals surface area contributed by atoms with Gasteiger partial charge in [-0.25, -0.2) is 0 Å². The van der Waals surface area contributed by atoms with Crippen molar-refractivity contribution in [2.24, 2.45) is 5.73 Å². The molecule has 0 saturated heterocycles. The van der Waals surface area contributed by atoms with Crippen molar-refractivity contribution in [2.75, 3.05) is 6.61 Å². The van der Waals surface area contributed by atoms with E-state index >= 15 is 0 Å². The quantitative estimate of drug-likeness (QED) is 0.843. The van der Waals surface area contributed by atoms with E-state index < -0.39 is 0 Å². The second-order valence-electron chi connectivity index (χ2n) is 4.89. The van der Waals surface area contributed by atoms with Crippen molar-refractivity contribution >= 4 is 27.5 Å². The van der Waals surface area contributed by atoms with Crippen LogP contribution in [0.15, 0.2) is 28.7 Å². The molecule has 0 aliphatic rings. The fraction of sp³-hybridized carbons (Fsp3) is 0.400. The smallest absolute Gasteiger partial charge is 0.120 e. The van der Waals surface area contributed by atoms with Crippen LogP contribution < -0.4 is 10.5 Å². The predicted molar refractivity (Wildman–Crippen MR) is 89.0 cm³/mol. The summed E-state index contributed by atoms with van der Waals surface area (Å²) >= 11 is 9.50. The van der Waals surface area contributed by atoms with Gasteiger partial charge in [0.25, 0.3) is 0 Å². The first-order valence-electron chi connectivity index (χ1n) is 6.87. The van der Waals surface area contributed by atoms with Gasteiger partial charge in [0.2, 0.25) is 0 Å². The Kier molecular flexibility index (Phi) is 5.67. The lowest BCUT2D eigenvalue weighted by Crippen LogP contribution is -2.31. The van der Waals surface area contributed by atoms with E-state index in [1.165, 1.54) is 0 Å². The molecule has 114 valence electrons. The second-order valence-corrected chi connectivity index (χ2v) is 6.12. The molecule has 1 unspecified atom stereocenters. The van der Waals surface area contributed by atoms with Gasteiger partial charge in [-0.15, -0.1) is 0 Å². The molecule has 2 N–H and O–H groups in total. The Morgan fingerprint density at radius 2 is 2.24 bits per heavy atom. The molecule has 0 spiro atoms. The fourth-order valence-corrected chi connectivity index (χ4v) is 2.76. The van der Waals surface area contributed by atoms with Crippen LogP contribution in [0.4, 0.5) is 0 Å². The highest BCUT2D eigenvalue weighted by Crippen LogP contribution is 2.22. The SMILES string of the molecule is CCn1nc(C)c(Br)c1CC(N)COc1cccc(Cl)c1. The van der Waals surface area contributed by atoms with Gasteiger partial charge in [0.15, 0.2) is 0 Å². The minimum absolute atomic E-state index is 0.110. The van der Waals surface area contributed by atoms with Crippen molar-refractivity contribution in [3.05, 3.63) is 45.1 Å². The van der Waals surface area contributed by atoms with Crippen LogP contribution in [0.3, 0.4) is 0 Å². The van der Waals surface area contributed by atoms with Crippen LogP contribution in [0.1, 0.15) is 18.3 Å². The number of halogens is 2. The largest absolute Gasteiger partial charge is 0.492 e. The molecule has 0 amide bonds. The molecular weight excluding hydrogens is 354 g/mol. The van der Waals surface area contributed by atoms with Gasteiger partial charge < -0.3 is 10.5 Å². The maximum atomic E-state index is 6.17. The van der Waals surface area contributed by atoms with E-state index in [0.29, 0.717) is 18.1 Å². The van der Waals surface area contributed by atoms with E-state index in [-0.39, 0.29) is 6.04 Å². The average molecular weight is 373 g/mol. The molecule has 1 aromatic heterocycles. The Bertz CT molecular complexity index is 615. The summed E-state index contributed by atoms with van der Waals surface area (Å²) in [5.41, 5.74) is 8.26. The molecule has 0 fully saturated rings. The lowest BCUT2D eigenvalue weighted by Gasteiger charge is -2.14. The van der Waals surface area contributed by atoms with Crippen molar-refractivity contribution in [2.45, 2.75) is 32.9 Å². The van der Waals surface area contributed by atoms with E-state index in [0.717, 1.165) is 28.2 Å². The lowest BCUT2D eigenvalue weighted by molar-refractivity contribution is 0.285.